The van der Waals surface area contributed by atoms with Gasteiger partial charge in [0.2, 0.25) is 0 Å². The molecule has 2 atom stereocenters. The molecule has 0 radical (unpaired) electrons. The highest BCUT2D eigenvalue weighted by Crippen LogP contribution is 2.42. The van der Waals surface area contributed by atoms with E-state index in [2.05, 4.69) is 15.9 Å². The van der Waals surface area contributed by atoms with Crippen LogP contribution >= 0.6 is 15.9 Å². The average molecular weight is 578 g/mol. The quantitative estimate of drug-likeness (QED) is 0.212. The molecule has 2 aliphatic rings. The molecule has 2 saturated heterocycles. The second-order valence-corrected chi connectivity index (χ2v) is 10.2. The van der Waals surface area contributed by atoms with Gasteiger partial charge in [-0.15, -0.1) is 0 Å². The van der Waals surface area contributed by atoms with Crippen molar-refractivity contribution in [2.45, 2.75) is 31.6 Å². The topological polar surface area (TPSA) is 85.3 Å². The number of carbonyl (C=O) groups excluding carboxylic acids is 2. The number of Topliss-reactive ketones (excluding diaryl/α,β-unsaturated/α-hetero) is 1. The Labute approximate surface area is 229 Å². The first kappa shape index (κ1) is 26.0. The number of ether oxygens (including phenoxy) is 3. The maximum Gasteiger partial charge on any atom is 0.295 e. The van der Waals surface area contributed by atoms with E-state index < -0.39 is 17.7 Å². The summed E-state index contributed by atoms with van der Waals surface area (Å²) in [6.07, 6.45) is 1.54. The van der Waals surface area contributed by atoms with Crippen LogP contribution in [0.2, 0.25) is 0 Å². The van der Waals surface area contributed by atoms with E-state index in [1.54, 1.807) is 49.6 Å². The lowest BCUT2D eigenvalue weighted by Crippen LogP contribution is -2.36. The highest BCUT2D eigenvalue weighted by atomic mass is 79.9. The van der Waals surface area contributed by atoms with Gasteiger partial charge in [-0.3, -0.25) is 9.59 Å². The van der Waals surface area contributed by atoms with Crippen molar-refractivity contribution in [3.05, 3.63) is 99.5 Å². The molecular weight excluding hydrogens is 550 g/mol. The minimum absolute atomic E-state index is 0.0373. The number of nitrogens with zero attached hydrogens (tertiary/aromatic N) is 1. The first-order valence-electron chi connectivity index (χ1n) is 12.5. The normalized spacial score (nSPS) is 20.6. The van der Waals surface area contributed by atoms with Gasteiger partial charge in [0.05, 0.1) is 24.8 Å². The van der Waals surface area contributed by atoms with E-state index in [1.807, 2.05) is 30.3 Å². The molecule has 2 unspecified atom stereocenters. The number of rotatable bonds is 8. The van der Waals surface area contributed by atoms with E-state index in [1.165, 1.54) is 4.90 Å². The third-order valence-electron chi connectivity index (χ3n) is 6.82. The van der Waals surface area contributed by atoms with Crippen LogP contribution < -0.4 is 9.47 Å². The standard InChI is InChI=1S/C30H28BrNO6/c1-36-25-16-21(11-14-24(25)38-18-19-6-3-2-4-7-19)27-26(28(33)20-9-12-22(31)13-10-20)29(34)30(35)32(27)17-23-8-5-15-37-23/h2-4,6-7,9-14,16,23,27,33H,5,8,15,17-18H2,1H3. The predicted octanol–water partition coefficient (Wildman–Crippen LogP) is 5.64. The molecular formula is C30H28BrNO6. The van der Waals surface area contributed by atoms with Gasteiger partial charge in [-0.05, 0) is 48.2 Å². The summed E-state index contributed by atoms with van der Waals surface area (Å²) in [5.41, 5.74) is 2.13. The molecule has 2 aliphatic heterocycles. The number of benzene rings is 3. The molecule has 0 bridgehead atoms. The largest absolute Gasteiger partial charge is 0.507 e. The number of amides is 1. The molecule has 1 N–H and O–H groups in total. The summed E-state index contributed by atoms with van der Waals surface area (Å²) in [7, 11) is 1.54. The summed E-state index contributed by atoms with van der Waals surface area (Å²) in [5.74, 6) is -0.614. The van der Waals surface area contributed by atoms with Crippen molar-refractivity contribution in [1.82, 2.24) is 4.90 Å². The summed E-state index contributed by atoms with van der Waals surface area (Å²) in [5, 5.41) is 11.3. The van der Waals surface area contributed by atoms with Crippen LogP contribution in [0.15, 0.2) is 82.8 Å². The van der Waals surface area contributed by atoms with Crippen molar-refractivity contribution in [3.8, 4) is 11.5 Å². The van der Waals surface area contributed by atoms with Gasteiger partial charge in [0.15, 0.2) is 11.5 Å². The first-order valence-corrected chi connectivity index (χ1v) is 13.3. The predicted molar refractivity (Wildman–Crippen MR) is 146 cm³/mol. The number of halogens is 1. The number of aliphatic hydroxyl groups is 1. The molecule has 3 aromatic rings. The minimum atomic E-state index is -0.806. The van der Waals surface area contributed by atoms with Crippen LogP contribution in [0.25, 0.3) is 5.76 Å². The molecule has 196 valence electrons. The highest BCUT2D eigenvalue weighted by Gasteiger charge is 2.47. The Morgan fingerprint density at radius 1 is 1.05 bits per heavy atom. The van der Waals surface area contributed by atoms with E-state index in [0.717, 1.165) is 22.9 Å². The van der Waals surface area contributed by atoms with Crippen molar-refractivity contribution in [2.75, 3.05) is 20.3 Å². The minimum Gasteiger partial charge on any atom is -0.507 e. The van der Waals surface area contributed by atoms with Crippen molar-refractivity contribution in [2.24, 2.45) is 0 Å². The second-order valence-electron chi connectivity index (χ2n) is 9.28. The molecule has 38 heavy (non-hydrogen) atoms. The zero-order chi connectivity index (χ0) is 26.6. The number of hydrogen-bond acceptors (Lipinski definition) is 6. The maximum atomic E-state index is 13.3. The SMILES string of the molecule is COc1cc(C2C(=C(O)c3ccc(Br)cc3)C(=O)C(=O)N2CC2CCCO2)ccc1OCc1ccccc1. The van der Waals surface area contributed by atoms with Gasteiger partial charge in [0, 0.05) is 23.2 Å². The lowest BCUT2D eigenvalue weighted by atomic mass is 9.95. The second kappa shape index (κ2) is 11.4. The van der Waals surface area contributed by atoms with E-state index in [0.29, 0.717) is 35.8 Å². The van der Waals surface area contributed by atoms with Gasteiger partial charge in [-0.2, -0.15) is 0 Å². The van der Waals surface area contributed by atoms with Crippen molar-refractivity contribution >= 4 is 33.4 Å². The van der Waals surface area contributed by atoms with Crippen molar-refractivity contribution < 1.29 is 28.9 Å². The van der Waals surface area contributed by atoms with Gasteiger partial charge in [-0.25, -0.2) is 0 Å². The molecule has 2 fully saturated rings. The number of aliphatic hydroxyl groups excluding tert-OH is 1. The lowest BCUT2D eigenvalue weighted by molar-refractivity contribution is -0.140. The third-order valence-corrected chi connectivity index (χ3v) is 7.35. The van der Waals surface area contributed by atoms with Gasteiger partial charge in [0.1, 0.15) is 12.4 Å². The molecule has 0 aliphatic carbocycles. The number of hydrogen-bond donors (Lipinski definition) is 1. The van der Waals surface area contributed by atoms with Crippen LogP contribution in [-0.2, 0) is 20.9 Å². The van der Waals surface area contributed by atoms with E-state index in [4.69, 9.17) is 14.2 Å². The summed E-state index contributed by atoms with van der Waals surface area (Å²) in [6, 6.07) is 21.2. The fourth-order valence-electron chi connectivity index (χ4n) is 4.89. The molecule has 2 heterocycles. The monoisotopic (exact) mass is 577 g/mol. The molecule has 8 heteroatoms. The molecule has 5 rings (SSSR count). The first-order chi connectivity index (χ1) is 18.5. The van der Waals surface area contributed by atoms with E-state index >= 15 is 0 Å². The van der Waals surface area contributed by atoms with Crippen molar-refractivity contribution in [3.63, 3.8) is 0 Å². The van der Waals surface area contributed by atoms with Crippen LogP contribution in [0.5, 0.6) is 11.5 Å². The molecule has 0 aromatic heterocycles. The van der Waals surface area contributed by atoms with Crippen molar-refractivity contribution in [1.29, 1.82) is 0 Å². The summed E-state index contributed by atoms with van der Waals surface area (Å²) in [4.78, 5) is 28.1. The summed E-state index contributed by atoms with van der Waals surface area (Å²) in [6.45, 7) is 1.23. The zero-order valence-corrected chi connectivity index (χ0v) is 22.5. The Kier molecular flexibility index (Phi) is 7.81. The van der Waals surface area contributed by atoms with Gasteiger partial charge < -0.3 is 24.2 Å². The Balaban J connectivity index is 1.54. The molecule has 3 aromatic carbocycles. The maximum absolute atomic E-state index is 13.3. The Hall–Kier alpha value is -3.62. The zero-order valence-electron chi connectivity index (χ0n) is 20.9. The summed E-state index contributed by atoms with van der Waals surface area (Å²) < 4.78 is 18.2. The van der Waals surface area contributed by atoms with E-state index in [-0.39, 0.29) is 24.0 Å². The van der Waals surface area contributed by atoms with E-state index in [9.17, 15) is 14.7 Å². The summed E-state index contributed by atoms with van der Waals surface area (Å²) >= 11 is 3.39. The van der Waals surface area contributed by atoms with Crippen LogP contribution in [-0.4, -0.2) is 48.1 Å². The Morgan fingerprint density at radius 2 is 1.82 bits per heavy atom. The fraction of sp³-hybridized carbons (Fsp3) is 0.267. The Bertz CT molecular complexity index is 1350. The van der Waals surface area contributed by atoms with Gasteiger partial charge >= 0.3 is 0 Å². The molecule has 1 amide bonds. The van der Waals surface area contributed by atoms with Gasteiger partial charge in [0.25, 0.3) is 11.7 Å². The number of carbonyl (C=O) groups is 2. The van der Waals surface area contributed by atoms with Gasteiger partial charge in [-0.1, -0.05) is 64.5 Å². The van der Waals surface area contributed by atoms with Crippen LogP contribution in [0.4, 0.5) is 0 Å². The highest BCUT2D eigenvalue weighted by molar-refractivity contribution is 9.10. The number of likely N-dealkylation sites (tertiary alicyclic amines) is 1. The molecule has 0 saturated carbocycles. The van der Waals surface area contributed by atoms with Crippen LogP contribution in [0.3, 0.4) is 0 Å². The van der Waals surface area contributed by atoms with Crippen LogP contribution in [0, 0.1) is 0 Å². The number of ketones is 1. The number of methoxy groups -OCH3 is 1. The molecule has 7 nitrogen and oxygen atoms in total. The smallest absolute Gasteiger partial charge is 0.295 e. The van der Waals surface area contributed by atoms with Crippen LogP contribution in [0.1, 0.15) is 35.6 Å². The third kappa shape index (κ3) is 5.33. The lowest BCUT2D eigenvalue weighted by Gasteiger charge is -2.28. The Morgan fingerprint density at radius 3 is 2.50 bits per heavy atom. The molecule has 0 spiro atoms. The fourth-order valence-corrected chi connectivity index (χ4v) is 5.16. The average Bonchev–Trinajstić information content (AvgIpc) is 3.55.